The van der Waals surface area contributed by atoms with Gasteiger partial charge in [0.15, 0.2) is 6.61 Å². The fourth-order valence-electron chi connectivity index (χ4n) is 3.88. The molecule has 1 aliphatic carbocycles. The Hall–Kier alpha value is -2.70. The van der Waals surface area contributed by atoms with Crippen LogP contribution in [0, 0.1) is 11.3 Å². The predicted octanol–water partition coefficient (Wildman–Crippen LogP) is 3.54. The Kier molecular flexibility index (Phi) is 6.67. The van der Waals surface area contributed by atoms with E-state index in [1.807, 2.05) is 0 Å². The zero-order chi connectivity index (χ0) is 20.9. The molecule has 7 heteroatoms. The van der Waals surface area contributed by atoms with Crippen molar-refractivity contribution in [3.63, 3.8) is 0 Å². The van der Waals surface area contributed by atoms with Crippen LogP contribution in [0.15, 0.2) is 36.9 Å². The molecule has 0 unspecified atom stereocenters. The van der Waals surface area contributed by atoms with Gasteiger partial charge in [0.1, 0.15) is 12.7 Å². The van der Waals surface area contributed by atoms with Gasteiger partial charge in [0.25, 0.3) is 5.91 Å². The van der Waals surface area contributed by atoms with Crippen LogP contribution in [0.2, 0.25) is 0 Å². The molecule has 0 bridgehead atoms. The lowest BCUT2D eigenvalue weighted by Crippen LogP contribution is -2.41. The molecule has 0 aliphatic heterocycles. The molecule has 1 saturated carbocycles. The highest BCUT2D eigenvalue weighted by Crippen LogP contribution is 2.40. The van der Waals surface area contributed by atoms with Crippen molar-refractivity contribution in [3.8, 4) is 5.69 Å². The van der Waals surface area contributed by atoms with Gasteiger partial charge in [0.2, 0.25) is 0 Å². The summed E-state index contributed by atoms with van der Waals surface area (Å²) < 4.78 is 6.77. The summed E-state index contributed by atoms with van der Waals surface area (Å²) in [7, 11) is 0. The fraction of sp³-hybridized carbons (Fsp3) is 0.545. The molecular formula is C22H30N4O3. The summed E-state index contributed by atoms with van der Waals surface area (Å²) in [6.45, 7) is 6.64. The van der Waals surface area contributed by atoms with Gasteiger partial charge in [0, 0.05) is 6.04 Å². The van der Waals surface area contributed by atoms with E-state index in [4.69, 9.17) is 4.74 Å². The molecular weight excluding hydrogens is 368 g/mol. The van der Waals surface area contributed by atoms with E-state index in [1.165, 1.54) is 12.7 Å². The van der Waals surface area contributed by atoms with Crippen LogP contribution in [0.3, 0.4) is 0 Å². The highest BCUT2D eigenvalue weighted by atomic mass is 16.5. The molecule has 1 heterocycles. The van der Waals surface area contributed by atoms with Crippen LogP contribution in [0.5, 0.6) is 0 Å². The largest absolute Gasteiger partial charge is 0.452 e. The minimum atomic E-state index is -0.515. The number of aromatic nitrogens is 3. The molecule has 2 aromatic rings. The van der Waals surface area contributed by atoms with Gasteiger partial charge >= 0.3 is 5.97 Å². The van der Waals surface area contributed by atoms with Crippen LogP contribution >= 0.6 is 0 Å². The number of esters is 1. The predicted molar refractivity (Wildman–Crippen MR) is 110 cm³/mol. The number of amides is 1. The molecule has 3 rings (SSSR count). The fourth-order valence-corrected chi connectivity index (χ4v) is 3.88. The summed E-state index contributed by atoms with van der Waals surface area (Å²) in [5.41, 5.74) is 1.54. The molecule has 1 fully saturated rings. The number of rotatable bonds is 7. The minimum absolute atomic E-state index is 0.173. The summed E-state index contributed by atoms with van der Waals surface area (Å²) in [5.74, 6) is -0.0477. The lowest BCUT2D eigenvalue weighted by atomic mass is 9.69. The number of carbonyl (C=O) groups excluding carboxylic acids is 2. The number of hydrogen-bond donors (Lipinski definition) is 1. The zero-order valence-corrected chi connectivity index (χ0v) is 17.4. The first-order valence-electron chi connectivity index (χ1n) is 10.3. The first kappa shape index (κ1) is 21.0. The molecule has 1 amide bonds. The maximum absolute atomic E-state index is 12.2. The van der Waals surface area contributed by atoms with Crippen molar-refractivity contribution in [1.29, 1.82) is 0 Å². The second kappa shape index (κ2) is 9.20. The van der Waals surface area contributed by atoms with Crippen LogP contribution in [0.4, 0.5) is 0 Å². The third-order valence-corrected chi connectivity index (χ3v) is 6.23. The van der Waals surface area contributed by atoms with E-state index in [1.54, 1.807) is 35.3 Å². The Morgan fingerprint density at radius 2 is 1.86 bits per heavy atom. The number of ether oxygens (including phenoxy) is 1. The van der Waals surface area contributed by atoms with Crippen LogP contribution in [0.1, 0.15) is 63.2 Å². The Bertz CT molecular complexity index is 807. The summed E-state index contributed by atoms with van der Waals surface area (Å²) in [6, 6.07) is 6.97. The van der Waals surface area contributed by atoms with Gasteiger partial charge in [0.05, 0.1) is 11.3 Å². The normalized spacial score (nSPS) is 19.6. The number of nitrogens with one attached hydrogen (secondary N) is 1. The van der Waals surface area contributed by atoms with E-state index < -0.39 is 5.97 Å². The summed E-state index contributed by atoms with van der Waals surface area (Å²) >= 11 is 0. The Morgan fingerprint density at radius 3 is 2.45 bits per heavy atom. The van der Waals surface area contributed by atoms with Gasteiger partial charge in [-0.25, -0.2) is 14.5 Å². The number of benzene rings is 1. The first-order valence-corrected chi connectivity index (χ1v) is 10.3. The molecule has 156 valence electrons. The molecule has 0 radical (unpaired) electrons. The van der Waals surface area contributed by atoms with Gasteiger partial charge in [-0.2, -0.15) is 5.10 Å². The Labute approximate surface area is 171 Å². The molecule has 0 saturated heterocycles. The summed E-state index contributed by atoms with van der Waals surface area (Å²) in [6.07, 6.45) is 8.42. The van der Waals surface area contributed by atoms with E-state index in [2.05, 4.69) is 36.2 Å². The van der Waals surface area contributed by atoms with Crippen LogP contribution in [0.25, 0.3) is 5.69 Å². The molecule has 0 spiro atoms. The van der Waals surface area contributed by atoms with Gasteiger partial charge in [-0.1, -0.05) is 27.2 Å². The first-order chi connectivity index (χ1) is 13.9. The van der Waals surface area contributed by atoms with Gasteiger partial charge in [-0.05, 0) is 61.3 Å². The second-order valence-electron chi connectivity index (χ2n) is 8.42. The van der Waals surface area contributed by atoms with E-state index >= 15 is 0 Å². The maximum atomic E-state index is 12.2. The molecule has 0 atom stereocenters. The van der Waals surface area contributed by atoms with Crippen molar-refractivity contribution >= 4 is 11.9 Å². The van der Waals surface area contributed by atoms with Crippen molar-refractivity contribution in [3.05, 3.63) is 42.5 Å². The number of hydrogen-bond acceptors (Lipinski definition) is 5. The third-order valence-electron chi connectivity index (χ3n) is 6.23. The van der Waals surface area contributed by atoms with Gasteiger partial charge in [-0.3, -0.25) is 4.79 Å². The zero-order valence-electron chi connectivity index (χ0n) is 17.4. The maximum Gasteiger partial charge on any atom is 0.338 e. The quantitative estimate of drug-likeness (QED) is 0.721. The highest BCUT2D eigenvalue weighted by molar-refractivity contribution is 5.91. The lowest BCUT2D eigenvalue weighted by Gasteiger charge is -2.39. The van der Waals surface area contributed by atoms with E-state index in [0.717, 1.165) is 31.4 Å². The van der Waals surface area contributed by atoms with Crippen molar-refractivity contribution in [2.75, 3.05) is 6.61 Å². The van der Waals surface area contributed by atoms with Gasteiger partial charge < -0.3 is 10.1 Å². The van der Waals surface area contributed by atoms with Crippen molar-refractivity contribution in [2.45, 2.75) is 58.9 Å². The van der Waals surface area contributed by atoms with Crippen molar-refractivity contribution in [2.24, 2.45) is 11.3 Å². The molecule has 29 heavy (non-hydrogen) atoms. The lowest BCUT2D eigenvalue weighted by molar-refractivity contribution is -0.125. The van der Waals surface area contributed by atoms with Crippen molar-refractivity contribution in [1.82, 2.24) is 20.1 Å². The van der Waals surface area contributed by atoms with E-state index in [0.29, 0.717) is 16.9 Å². The third kappa shape index (κ3) is 5.43. The average Bonchev–Trinajstić information content (AvgIpc) is 3.27. The SMILES string of the molecule is CCC(C)(C)C1CCC(NC(=O)COC(=O)c2ccc(-n3cncn3)cc2)CC1. The second-order valence-corrected chi connectivity index (χ2v) is 8.42. The van der Waals surface area contributed by atoms with Crippen molar-refractivity contribution < 1.29 is 14.3 Å². The highest BCUT2D eigenvalue weighted by Gasteiger charge is 2.32. The Morgan fingerprint density at radius 1 is 1.17 bits per heavy atom. The van der Waals surface area contributed by atoms with Gasteiger partial charge in [-0.15, -0.1) is 0 Å². The van der Waals surface area contributed by atoms with Crippen LogP contribution in [-0.2, 0) is 9.53 Å². The molecule has 1 aromatic carbocycles. The average molecular weight is 399 g/mol. The van der Waals surface area contributed by atoms with E-state index in [9.17, 15) is 9.59 Å². The molecule has 7 nitrogen and oxygen atoms in total. The topological polar surface area (TPSA) is 86.1 Å². The van der Waals surface area contributed by atoms with Crippen LogP contribution in [-0.4, -0.2) is 39.3 Å². The smallest absolute Gasteiger partial charge is 0.338 e. The van der Waals surface area contributed by atoms with Crippen LogP contribution < -0.4 is 5.32 Å². The molecule has 1 aromatic heterocycles. The number of carbonyl (C=O) groups is 2. The summed E-state index contributed by atoms with van der Waals surface area (Å²) in [5, 5.41) is 7.04. The summed E-state index contributed by atoms with van der Waals surface area (Å²) in [4.78, 5) is 28.3. The molecule has 1 aliphatic rings. The number of nitrogens with zero attached hydrogens (tertiary/aromatic N) is 3. The van der Waals surface area contributed by atoms with E-state index in [-0.39, 0.29) is 18.6 Å². The minimum Gasteiger partial charge on any atom is -0.452 e. The molecule has 1 N–H and O–H groups in total. The standard InChI is InChI=1S/C22H30N4O3/c1-4-22(2,3)17-7-9-18(10-8-17)25-20(27)13-29-21(28)16-5-11-19(12-6-16)26-15-23-14-24-26/h5-6,11-12,14-15,17-18H,4,7-10,13H2,1-3H3,(H,25,27). The monoisotopic (exact) mass is 398 g/mol. The Balaban J connectivity index is 1.42.